The third kappa shape index (κ3) is 6.43. The molecule has 1 aliphatic heterocycles. The van der Waals surface area contributed by atoms with E-state index in [1.54, 1.807) is 0 Å². The van der Waals surface area contributed by atoms with E-state index in [4.69, 9.17) is 0 Å². The number of rotatable bonds is 7. The van der Waals surface area contributed by atoms with E-state index in [0.717, 1.165) is 38.4 Å². The lowest BCUT2D eigenvalue weighted by molar-refractivity contribution is 0.265. The number of hydrogen-bond acceptors (Lipinski definition) is 2. The molecule has 1 fully saturated rings. The molecule has 1 unspecified atom stereocenters. The van der Waals surface area contributed by atoms with E-state index in [9.17, 15) is 0 Å². The van der Waals surface area contributed by atoms with Crippen LogP contribution < -0.4 is 5.32 Å². The molecule has 0 aliphatic carbocycles. The molecule has 118 valence electrons. The lowest BCUT2D eigenvalue weighted by Crippen LogP contribution is -2.45. The highest BCUT2D eigenvalue weighted by molar-refractivity contribution is 14.0. The topological polar surface area (TPSA) is 30.9 Å². The second-order valence-corrected chi connectivity index (χ2v) is 5.21. The van der Waals surface area contributed by atoms with E-state index in [2.05, 4.69) is 40.7 Å². The molecule has 0 aromatic rings. The molecule has 0 bridgehead atoms. The van der Waals surface area contributed by atoms with E-state index in [0.29, 0.717) is 6.04 Å². The predicted molar refractivity (Wildman–Crippen MR) is 99.1 cm³/mol. The maximum atomic E-state index is 4.37. The Morgan fingerprint density at radius 2 is 2.30 bits per heavy atom. The average Bonchev–Trinajstić information content (AvgIpc) is 2.87. The van der Waals surface area contributed by atoms with E-state index in [1.807, 2.05) is 13.1 Å². The van der Waals surface area contributed by atoms with Crippen molar-refractivity contribution >= 4 is 29.9 Å². The van der Waals surface area contributed by atoms with Gasteiger partial charge in [0.25, 0.3) is 0 Å². The van der Waals surface area contributed by atoms with Crippen LogP contribution in [0.1, 0.15) is 32.6 Å². The van der Waals surface area contributed by atoms with Crippen LogP contribution in [0.15, 0.2) is 17.6 Å². The molecule has 1 saturated heterocycles. The van der Waals surface area contributed by atoms with Gasteiger partial charge in [-0.05, 0) is 38.8 Å². The van der Waals surface area contributed by atoms with Gasteiger partial charge in [-0.2, -0.15) is 0 Å². The van der Waals surface area contributed by atoms with Crippen molar-refractivity contribution in [2.24, 2.45) is 4.99 Å². The largest absolute Gasteiger partial charge is 0.355 e. The minimum absolute atomic E-state index is 0. The van der Waals surface area contributed by atoms with Crippen LogP contribution in [0.4, 0.5) is 0 Å². The molecule has 0 radical (unpaired) electrons. The monoisotopic (exact) mass is 394 g/mol. The SMILES string of the molecule is C=CCCCN(C)C(=NC)NCC1CCCN1CC.I. The van der Waals surface area contributed by atoms with E-state index in [1.165, 1.54) is 19.4 Å². The summed E-state index contributed by atoms with van der Waals surface area (Å²) in [5, 5.41) is 3.51. The number of likely N-dealkylation sites (tertiary alicyclic amines) is 1. The van der Waals surface area contributed by atoms with Gasteiger partial charge in [0.15, 0.2) is 5.96 Å². The Kier molecular flexibility index (Phi) is 11.2. The second-order valence-electron chi connectivity index (χ2n) is 5.21. The zero-order valence-electron chi connectivity index (χ0n) is 13.3. The molecule has 5 heteroatoms. The second kappa shape index (κ2) is 11.4. The summed E-state index contributed by atoms with van der Waals surface area (Å²) in [5.74, 6) is 1.01. The first-order valence-corrected chi connectivity index (χ1v) is 7.49. The van der Waals surface area contributed by atoms with Gasteiger partial charge in [0.05, 0.1) is 0 Å². The fourth-order valence-corrected chi connectivity index (χ4v) is 2.72. The van der Waals surface area contributed by atoms with E-state index < -0.39 is 0 Å². The first kappa shape index (κ1) is 19.7. The van der Waals surface area contributed by atoms with Gasteiger partial charge in [0, 0.05) is 33.2 Å². The fourth-order valence-electron chi connectivity index (χ4n) is 2.72. The van der Waals surface area contributed by atoms with Gasteiger partial charge in [-0.15, -0.1) is 30.6 Å². The zero-order chi connectivity index (χ0) is 14.1. The van der Waals surface area contributed by atoms with Crippen molar-refractivity contribution in [1.29, 1.82) is 0 Å². The molecule has 0 aromatic heterocycles. The third-order valence-electron chi connectivity index (χ3n) is 3.88. The molecule has 0 aromatic carbocycles. The van der Waals surface area contributed by atoms with Crippen LogP contribution in [-0.2, 0) is 0 Å². The van der Waals surface area contributed by atoms with Crippen LogP contribution in [0, 0.1) is 0 Å². The summed E-state index contributed by atoms with van der Waals surface area (Å²) in [6.07, 6.45) is 6.80. The van der Waals surface area contributed by atoms with Crippen LogP contribution in [0.5, 0.6) is 0 Å². The van der Waals surface area contributed by atoms with Crippen LogP contribution >= 0.6 is 24.0 Å². The van der Waals surface area contributed by atoms with Gasteiger partial charge in [-0.3, -0.25) is 9.89 Å². The number of nitrogens with zero attached hydrogens (tertiary/aromatic N) is 3. The van der Waals surface area contributed by atoms with Crippen LogP contribution in [0.3, 0.4) is 0 Å². The summed E-state index contributed by atoms with van der Waals surface area (Å²) in [4.78, 5) is 9.12. The summed E-state index contributed by atoms with van der Waals surface area (Å²) in [5.41, 5.74) is 0. The first-order chi connectivity index (χ1) is 9.22. The van der Waals surface area contributed by atoms with Gasteiger partial charge < -0.3 is 10.2 Å². The molecular weight excluding hydrogens is 363 g/mol. The lowest BCUT2D eigenvalue weighted by atomic mass is 10.2. The number of likely N-dealkylation sites (N-methyl/N-ethyl adjacent to an activating group) is 1. The number of allylic oxidation sites excluding steroid dienone is 1. The van der Waals surface area contributed by atoms with Crippen molar-refractivity contribution in [2.75, 3.05) is 40.3 Å². The van der Waals surface area contributed by atoms with Crippen molar-refractivity contribution < 1.29 is 0 Å². The van der Waals surface area contributed by atoms with Gasteiger partial charge in [0.2, 0.25) is 0 Å². The normalized spacial score (nSPS) is 19.6. The summed E-state index contributed by atoms with van der Waals surface area (Å²) in [7, 11) is 3.96. The number of guanidine groups is 1. The standard InChI is InChI=1S/C15H30N4.HI/c1-5-7-8-11-18(4)15(16-3)17-13-14-10-9-12-19(14)6-2;/h5,14H,1,6-13H2,2-4H3,(H,16,17);1H. The Hall–Kier alpha value is -0.300. The molecule has 20 heavy (non-hydrogen) atoms. The maximum Gasteiger partial charge on any atom is 0.193 e. The van der Waals surface area contributed by atoms with Gasteiger partial charge in [0.1, 0.15) is 0 Å². The van der Waals surface area contributed by atoms with Crippen molar-refractivity contribution in [3.8, 4) is 0 Å². The molecule has 0 spiro atoms. The first-order valence-electron chi connectivity index (χ1n) is 7.49. The molecule has 1 N–H and O–H groups in total. The highest BCUT2D eigenvalue weighted by Gasteiger charge is 2.23. The van der Waals surface area contributed by atoms with Crippen molar-refractivity contribution in [1.82, 2.24) is 15.1 Å². The number of unbranched alkanes of at least 4 members (excludes halogenated alkanes) is 1. The van der Waals surface area contributed by atoms with Crippen molar-refractivity contribution in [3.63, 3.8) is 0 Å². The summed E-state index contributed by atoms with van der Waals surface area (Å²) >= 11 is 0. The number of halogens is 1. The maximum absolute atomic E-state index is 4.37. The quantitative estimate of drug-likeness (QED) is 0.237. The number of aliphatic imine (C=N–C) groups is 1. The Morgan fingerprint density at radius 1 is 1.55 bits per heavy atom. The Bertz CT molecular complexity index is 294. The van der Waals surface area contributed by atoms with Gasteiger partial charge in [-0.25, -0.2) is 0 Å². The molecule has 1 atom stereocenters. The zero-order valence-corrected chi connectivity index (χ0v) is 15.6. The summed E-state index contributed by atoms with van der Waals surface area (Å²) < 4.78 is 0. The minimum atomic E-state index is 0. The van der Waals surface area contributed by atoms with Crippen LogP contribution in [0.2, 0.25) is 0 Å². The lowest BCUT2D eigenvalue weighted by Gasteiger charge is -2.27. The molecule has 1 aliphatic rings. The van der Waals surface area contributed by atoms with Gasteiger partial charge >= 0.3 is 0 Å². The van der Waals surface area contributed by atoms with Gasteiger partial charge in [-0.1, -0.05) is 13.0 Å². The molecular formula is C15H31IN4. The predicted octanol–water partition coefficient (Wildman–Crippen LogP) is 2.56. The summed E-state index contributed by atoms with van der Waals surface area (Å²) in [6.45, 7) is 10.4. The highest BCUT2D eigenvalue weighted by Crippen LogP contribution is 2.15. The Balaban J connectivity index is 0.00000361. The molecule has 4 nitrogen and oxygen atoms in total. The average molecular weight is 394 g/mol. The number of nitrogens with one attached hydrogen (secondary N) is 1. The minimum Gasteiger partial charge on any atom is -0.355 e. The van der Waals surface area contributed by atoms with Crippen molar-refractivity contribution in [2.45, 2.75) is 38.6 Å². The van der Waals surface area contributed by atoms with Crippen LogP contribution in [0.25, 0.3) is 0 Å². The molecule has 1 rings (SSSR count). The number of hydrogen-bond donors (Lipinski definition) is 1. The highest BCUT2D eigenvalue weighted by atomic mass is 127. The molecule has 0 amide bonds. The molecule has 1 heterocycles. The Labute approximate surface area is 141 Å². The van der Waals surface area contributed by atoms with Crippen LogP contribution in [-0.4, -0.2) is 62.1 Å². The third-order valence-corrected chi connectivity index (χ3v) is 3.88. The van der Waals surface area contributed by atoms with E-state index in [-0.39, 0.29) is 24.0 Å². The van der Waals surface area contributed by atoms with E-state index >= 15 is 0 Å². The fraction of sp³-hybridized carbons (Fsp3) is 0.800. The Morgan fingerprint density at radius 3 is 2.90 bits per heavy atom. The summed E-state index contributed by atoms with van der Waals surface area (Å²) in [6, 6.07) is 0.670. The van der Waals surface area contributed by atoms with Crippen molar-refractivity contribution in [3.05, 3.63) is 12.7 Å². The smallest absolute Gasteiger partial charge is 0.193 e. The molecule has 0 saturated carbocycles.